The minimum atomic E-state index is -0.895. The van der Waals surface area contributed by atoms with Crippen LogP contribution in [-0.4, -0.2) is 37.9 Å². The fourth-order valence-corrected chi connectivity index (χ4v) is 4.85. The maximum atomic E-state index is 13.3. The van der Waals surface area contributed by atoms with Gasteiger partial charge in [0.05, 0.1) is 22.6 Å². The summed E-state index contributed by atoms with van der Waals surface area (Å²) in [5.74, 6) is -0.797. The Bertz CT molecular complexity index is 1540. The number of hydrogen-bond acceptors (Lipinski definition) is 6. The van der Waals surface area contributed by atoms with Gasteiger partial charge in [-0.25, -0.2) is 4.98 Å². The number of aromatic amines is 1. The zero-order chi connectivity index (χ0) is 24.3. The van der Waals surface area contributed by atoms with E-state index >= 15 is 0 Å². The van der Waals surface area contributed by atoms with Crippen LogP contribution in [0.15, 0.2) is 66.5 Å². The van der Waals surface area contributed by atoms with E-state index in [0.29, 0.717) is 23.1 Å². The van der Waals surface area contributed by atoms with Gasteiger partial charge in [-0.15, -0.1) is 0 Å². The molecule has 35 heavy (non-hydrogen) atoms. The molecule has 2 aromatic heterocycles. The monoisotopic (exact) mass is 466 g/mol. The number of aryl methyl sites for hydroxylation is 1. The highest BCUT2D eigenvalue weighted by molar-refractivity contribution is 6.51. The van der Waals surface area contributed by atoms with Crippen molar-refractivity contribution in [3.05, 3.63) is 88.8 Å². The molecule has 8 nitrogen and oxygen atoms in total. The minimum Gasteiger partial charge on any atom is -0.507 e. The van der Waals surface area contributed by atoms with Crippen molar-refractivity contribution in [1.29, 1.82) is 0 Å². The first-order valence-electron chi connectivity index (χ1n) is 11.4. The van der Waals surface area contributed by atoms with E-state index in [1.54, 1.807) is 36.7 Å². The molecule has 0 aliphatic carbocycles. The molecule has 4 heterocycles. The predicted octanol–water partition coefficient (Wildman–Crippen LogP) is 4.22. The fourth-order valence-electron chi connectivity index (χ4n) is 4.85. The SMILES string of the molecule is Cc1ccc2nc(N3C(=O)C(=O)/C(=C(/O)c4ccc5c(c4)CC(C)O5)C3c3cccnc3)[nH]c2c1. The summed E-state index contributed by atoms with van der Waals surface area (Å²) in [5.41, 5.74) is 4.43. The van der Waals surface area contributed by atoms with Gasteiger partial charge >= 0.3 is 5.91 Å². The number of aliphatic hydroxyl groups excluding tert-OH is 1. The number of H-pyrrole nitrogens is 1. The zero-order valence-electron chi connectivity index (χ0n) is 19.1. The van der Waals surface area contributed by atoms with Gasteiger partial charge in [0, 0.05) is 24.4 Å². The van der Waals surface area contributed by atoms with Crippen molar-refractivity contribution in [3.63, 3.8) is 0 Å². The minimum absolute atomic E-state index is 0.00782. The lowest BCUT2D eigenvalue weighted by atomic mass is 9.95. The summed E-state index contributed by atoms with van der Waals surface area (Å²) in [6.07, 6.45) is 3.94. The summed E-state index contributed by atoms with van der Waals surface area (Å²) in [6, 6.07) is 13.6. The largest absolute Gasteiger partial charge is 0.507 e. The van der Waals surface area contributed by atoms with Crippen LogP contribution in [-0.2, 0) is 16.0 Å². The number of pyridine rings is 1. The van der Waals surface area contributed by atoms with Gasteiger partial charge in [0.1, 0.15) is 17.6 Å². The zero-order valence-corrected chi connectivity index (χ0v) is 19.1. The Kier molecular flexibility index (Phi) is 4.70. The van der Waals surface area contributed by atoms with Crippen LogP contribution in [0.1, 0.15) is 35.2 Å². The molecule has 0 radical (unpaired) electrons. The number of aromatic nitrogens is 3. The van der Waals surface area contributed by atoms with E-state index in [2.05, 4.69) is 15.0 Å². The number of rotatable bonds is 3. The summed E-state index contributed by atoms with van der Waals surface area (Å²) in [4.78, 5) is 39.9. The number of fused-ring (bicyclic) bond motifs is 2. The molecular formula is C27H22N4O4. The number of ether oxygens (including phenoxy) is 1. The van der Waals surface area contributed by atoms with Crippen LogP contribution in [0.2, 0.25) is 0 Å². The number of anilines is 1. The number of benzene rings is 2. The van der Waals surface area contributed by atoms with Crippen LogP contribution >= 0.6 is 0 Å². The van der Waals surface area contributed by atoms with E-state index in [-0.39, 0.29) is 23.4 Å². The quantitative estimate of drug-likeness (QED) is 0.266. The van der Waals surface area contributed by atoms with Crippen molar-refractivity contribution in [3.8, 4) is 5.75 Å². The number of ketones is 1. The van der Waals surface area contributed by atoms with Crippen molar-refractivity contribution < 1.29 is 19.4 Å². The molecule has 2 aliphatic rings. The Morgan fingerprint density at radius 2 is 2.03 bits per heavy atom. The number of imidazole rings is 1. The summed E-state index contributed by atoms with van der Waals surface area (Å²) in [7, 11) is 0. The lowest BCUT2D eigenvalue weighted by Gasteiger charge is -2.22. The standard InChI is InChI=1S/C27H22N4O4/c1-14-5-7-19-20(10-14)30-27(29-19)31-23(17-4-3-9-28-13-17)22(25(33)26(31)34)24(32)16-6-8-21-18(12-16)11-15(2)35-21/h3-10,12-13,15,23,32H,11H2,1-2H3,(H,29,30)/b24-22+. The van der Waals surface area contributed by atoms with Gasteiger partial charge in [-0.2, -0.15) is 0 Å². The Morgan fingerprint density at radius 3 is 2.83 bits per heavy atom. The van der Waals surface area contributed by atoms with Gasteiger partial charge in [-0.3, -0.25) is 19.5 Å². The third-order valence-electron chi connectivity index (χ3n) is 6.47. The number of carbonyl (C=O) groups excluding carboxylic acids is 2. The molecule has 2 aromatic carbocycles. The lowest BCUT2D eigenvalue weighted by Crippen LogP contribution is -2.30. The average Bonchev–Trinajstić information content (AvgIpc) is 3.51. The molecule has 0 saturated carbocycles. The van der Waals surface area contributed by atoms with Crippen molar-refractivity contribution in [2.45, 2.75) is 32.4 Å². The molecule has 2 N–H and O–H groups in total. The molecule has 2 unspecified atom stereocenters. The van der Waals surface area contributed by atoms with Gasteiger partial charge in [-0.05, 0) is 66.9 Å². The molecular weight excluding hydrogens is 444 g/mol. The molecule has 2 aliphatic heterocycles. The Morgan fingerprint density at radius 1 is 1.17 bits per heavy atom. The number of carbonyl (C=O) groups is 2. The van der Waals surface area contributed by atoms with Crippen LogP contribution < -0.4 is 9.64 Å². The van der Waals surface area contributed by atoms with Gasteiger partial charge in [0.25, 0.3) is 5.78 Å². The second-order valence-corrected chi connectivity index (χ2v) is 8.99. The van der Waals surface area contributed by atoms with Crippen LogP contribution in [0.25, 0.3) is 16.8 Å². The number of nitrogens with one attached hydrogen (secondary N) is 1. The normalized spacial score (nSPS) is 20.9. The summed E-state index contributed by atoms with van der Waals surface area (Å²) < 4.78 is 5.76. The third kappa shape index (κ3) is 3.37. The van der Waals surface area contributed by atoms with Gasteiger partial charge < -0.3 is 14.8 Å². The smallest absolute Gasteiger partial charge is 0.302 e. The predicted molar refractivity (Wildman–Crippen MR) is 130 cm³/mol. The van der Waals surface area contributed by atoms with Crippen LogP contribution in [0.4, 0.5) is 5.95 Å². The number of nitrogens with zero attached hydrogens (tertiary/aromatic N) is 3. The Hall–Kier alpha value is -4.46. The maximum absolute atomic E-state index is 13.3. The van der Waals surface area contributed by atoms with Crippen LogP contribution in [0, 0.1) is 6.92 Å². The van der Waals surface area contributed by atoms with Gasteiger partial charge in [0.2, 0.25) is 5.95 Å². The fraction of sp³-hybridized carbons (Fsp3) is 0.185. The van der Waals surface area contributed by atoms with E-state index in [4.69, 9.17) is 4.74 Å². The molecule has 4 aromatic rings. The number of aliphatic hydroxyl groups is 1. The number of hydrogen-bond donors (Lipinski definition) is 2. The first kappa shape index (κ1) is 21.1. The molecule has 8 heteroatoms. The molecule has 174 valence electrons. The first-order valence-corrected chi connectivity index (χ1v) is 11.4. The van der Waals surface area contributed by atoms with Crippen LogP contribution in [0.3, 0.4) is 0 Å². The van der Waals surface area contributed by atoms with E-state index in [9.17, 15) is 14.7 Å². The topological polar surface area (TPSA) is 108 Å². The summed E-state index contributed by atoms with van der Waals surface area (Å²) >= 11 is 0. The highest BCUT2D eigenvalue weighted by Gasteiger charge is 2.48. The number of amides is 1. The second kappa shape index (κ2) is 7.80. The van der Waals surface area contributed by atoms with Crippen molar-refractivity contribution in [2.75, 3.05) is 4.90 Å². The molecule has 2 atom stereocenters. The maximum Gasteiger partial charge on any atom is 0.302 e. The first-order chi connectivity index (χ1) is 16.9. The van der Waals surface area contributed by atoms with Crippen molar-refractivity contribution >= 4 is 34.4 Å². The second-order valence-electron chi connectivity index (χ2n) is 8.99. The third-order valence-corrected chi connectivity index (χ3v) is 6.47. The van der Waals surface area contributed by atoms with Crippen LogP contribution in [0.5, 0.6) is 5.75 Å². The summed E-state index contributed by atoms with van der Waals surface area (Å²) in [6.45, 7) is 3.94. The number of Topliss-reactive ketones (excluding diaryl/α,β-unsaturated/α-hetero) is 1. The highest BCUT2D eigenvalue weighted by Crippen LogP contribution is 2.42. The molecule has 6 rings (SSSR count). The Labute approximate surface area is 200 Å². The van der Waals surface area contributed by atoms with Gasteiger partial charge in [0.15, 0.2) is 0 Å². The van der Waals surface area contributed by atoms with Gasteiger partial charge in [-0.1, -0.05) is 12.1 Å². The molecule has 0 spiro atoms. The summed E-state index contributed by atoms with van der Waals surface area (Å²) in [5, 5.41) is 11.4. The molecule has 1 fully saturated rings. The molecule has 1 amide bonds. The van der Waals surface area contributed by atoms with E-state index in [1.807, 2.05) is 38.1 Å². The molecule has 0 bridgehead atoms. The Balaban J connectivity index is 1.53. The van der Waals surface area contributed by atoms with E-state index < -0.39 is 17.7 Å². The van der Waals surface area contributed by atoms with E-state index in [1.165, 1.54) is 4.90 Å². The van der Waals surface area contributed by atoms with E-state index in [0.717, 1.165) is 22.4 Å². The molecule has 1 saturated heterocycles. The van der Waals surface area contributed by atoms with Crippen molar-refractivity contribution in [2.24, 2.45) is 0 Å². The average molecular weight is 466 g/mol. The lowest BCUT2D eigenvalue weighted by molar-refractivity contribution is -0.132. The highest BCUT2D eigenvalue weighted by atomic mass is 16.5. The van der Waals surface area contributed by atoms with Crippen molar-refractivity contribution in [1.82, 2.24) is 15.0 Å².